The van der Waals surface area contributed by atoms with E-state index < -0.39 is 0 Å². The molecule has 0 fully saturated rings. The molecule has 4 aromatic rings. The standard InChI is InChI=1S/C26H22Cl2N2O/c27-23-7-3-1-5-19(23)21-13-17(9-11-25(21)29)15-31-16-18-10-12-26(30)22(14-18)20-6-2-4-8-24(20)28/h1-14H,15-16,29-30H2. The molecule has 4 N–H and O–H groups in total. The zero-order chi connectivity index (χ0) is 21.8. The van der Waals surface area contributed by atoms with Crippen LogP contribution in [0, 0.1) is 0 Å². The van der Waals surface area contributed by atoms with E-state index in [4.69, 9.17) is 39.4 Å². The second-order valence-corrected chi connectivity index (χ2v) is 8.11. The fourth-order valence-corrected chi connectivity index (χ4v) is 3.97. The van der Waals surface area contributed by atoms with Crippen molar-refractivity contribution in [2.45, 2.75) is 13.2 Å². The van der Waals surface area contributed by atoms with Crippen LogP contribution in [0.2, 0.25) is 10.0 Å². The molecule has 0 aliphatic carbocycles. The summed E-state index contributed by atoms with van der Waals surface area (Å²) < 4.78 is 5.98. The van der Waals surface area contributed by atoms with E-state index in [-0.39, 0.29) is 0 Å². The Morgan fingerprint density at radius 3 is 1.39 bits per heavy atom. The Kier molecular flexibility index (Phi) is 6.47. The summed E-state index contributed by atoms with van der Waals surface area (Å²) in [6.45, 7) is 0.896. The van der Waals surface area contributed by atoms with Gasteiger partial charge in [0.1, 0.15) is 0 Å². The average Bonchev–Trinajstić information content (AvgIpc) is 2.77. The van der Waals surface area contributed by atoms with Crippen molar-refractivity contribution in [3.63, 3.8) is 0 Å². The predicted octanol–water partition coefficient (Wildman–Crippen LogP) is 7.21. The van der Waals surface area contributed by atoms with Crippen molar-refractivity contribution in [3.05, 3.63) is 106 Å². The van der Waals surface area contributed by atoms with Crippen LogP contribution >= 0.6 is 23.2 Å². The Balaban J connectivity index is 1.49. The lowest BCUT2D eigenvalue weighted by atomic mass is 10.0. The molecule has 4 aromatic carbocycles. The van der Waals surface area contributed by atoms with E-state index in [1.807, 2.05) is 84.9 Å². The molecule has 4 rings (SSSR count). The van der Waals surface area contributed by atoms with E-state index in [0.29, 0.717) is 34.6 Å². The Morgan fingerprint density at radius 1 is 0.548 bits per heavy atom. The molecule has 0 amide bonds. The number of nitrogens with two attached hydrogens (primary N) is 2. The second kappa shape index (κ2) is 9.44. The van der Waals surface area contributed by atoms with Crippen LogP contribution in [0.4, 0.5) is 11.4 Å². The fourth-order valence-electron chi connectivity index (χ4n) is 3.50. The highest BCUT2D eigenvalue weighted by molar-refractivity contribution is 6.33. The van der Waals surface area contributed by atoms with Crippen LogP contribution in [-0.2, 0) is 18.0 Å². The minimum atomic E-state index is 0.448. The first-order valence-electron chi connectivity index (χ1n) is 9.87. The molecule has 0 saturated heterocycles. The minimum Gasteiger partial charge on any atom is -0.398 e. The van der Waals surface area contributed by atoms with Gasteiger partial charge in [0.2, 0.25) is 0 Å². The molecule has 0 aliphatic rings. The van der Waals surface area contributed by atoms with E-state index in [1.54, 1.807) is 0 Å². The molecule has 0 atom stereocenters. The van der Waals surface area contributed by atoms with E-state index in [2.05, 4.69) is 0 Å². The van der Waals surface area contributed by atoms with Crippen LogP contribution in [0.5, 0.6) is 0 Å². The molecular formula is C26H22Cl2N2O. The molecule has 0 saturated carbocycles. The molecule has 0 heterocycles. The van der Waals surface area contributed by atoms with Gasteiger partial charge >= 0.3 is 0 Å². The fraction of sp³-hybridized carbons (Fsp3) is 0.0769. The number of hydrogen-bond donors (Lipinski definition) is 2. The third-order valence-corrected chi connectivity index (χ3v) is 5.76. The van der Waals surface area contributed by atoms with E-state index in [0.717, 1.165) is 33.4 Å². The van der Waals surface area contributed by atoms with Crippen LogP contribution in [0.1, 0.15) is 11.1 Å². The average molecular weight is 449 g/mol. The molecule has 0 bridgehead atoms. The van der Waals surface area contributed by atoms with Crippen molar-refractivity contribution >= 4 is 34.6 Å². The highest BCUT2D eigenvalue weighted by Gasteiger charge is 2.10. The quantitative estimate of drug-likeness (QED) is 0.306. The molecule has 5 heteroatoms. The van der Waals surface area contributed by atoms with Crippen molar-refractivity contribution in [3.8, 4) is 22.3 Å². The van der Waals surface area contributed by atoms with Gasteiger partial charge in [-0.3, -0.25) is 0 Å². The van der Waals surface area contributed by atoms with Gasteiger partial charge < -0.3 is 16.2 Å². The molecule has 156 valence electrons. The Morgan fingerprint density at radius 2 is 0.968 bits per heavy atom. The van der Waals surface area contributed by atoms with E-state index in [9.17, 15) is 0 Å². The lowest BCUT2D eigenvalue weighted by Crippen LogP contribution is -1.98. The maximum absolute atomic E-state index is 6.35. The van der Waals surface area contributed by atoms with E-state index in [1.165, 1.54) is 0 Å². The Bertz CT molecular complexity index is 1130. The van der Waals surface area contributed by atoms with Gasteiger partial charge in [-0.1, -0.05) is 71.7 Å². The Hall–Kier alpha value is -2.98. The maximum atomic E-state index is 6.35. The number of anilines is 2. The summed E-state index contributed by atoms with van der Waals surface area (Å²) in [4.78, 5) is 0. The first-order valence-corrected chi connectivity index (χ1v) is 10.6. The topological polar surface area (TPSA) is 61.3 Å². The van der Waals surface area contributed by atoms with Gasteiger partial charge in [0.25, 0.3) is 0 Å². The molecule has 0 aromatic heterocycles. The first-order chi connectivity index (χ1) is 15.0. The van der Waals surface area contributed by atoms with Crippen molar-refractivity contribution in [2.75, 3.05) is 11.5 Å². The molecule has 0 unspecified atom stereocenters. The summed E-state index contributed by atoms with van der Waals surface area (Å²) in [6.07, 6.45) is 0. The van der Waals surface area contributed by atoms with Gasteiger partial charge in [-0.05, 0) is 47.5 Å². The van der Waals surface area contributed by atoms with Crippen molar-refractivity contribution in [1.29, 1.82) is 0 Å². The third kappa shape index (κ3) is 4.86. The first kappa shape index (κ1) is 21.3. The van der Waals surface area contributed by atoms with Crippen LogP contribution in [0.15, 0.2) is 84.9 Å². The largest absolute Gasteiger partial charge is 0.398 e. The van der Waals surface area contributed by atoms with E-state index >= 15 is 0 Å². The molecule has 31 heavy (non-hydrogen) atoms. The third-order valence-electron chi connectivity index (χ3n) is 5.10. The van der Waals surface area contributed by atoms with Crippen LogP contribution in [-0.4, -0.2) is 0 Å². The molecule has 0 spiro atoms. The number of benzene rings is 4. The van der Waals surface area contributed by atoms with Gasteiger partial charge in [0.05, 0.1) is 13.2 Å². The number of ether oxygens (including phenoxy) is 1. The van der Waals surface area contributed by atoms with Crippen molar-refractivity contribution < 1.29 is 4.74 Å². The van der Waals surface area contributed by atoms with Crippen molar-refractivity contribution in [2.24, 2.45) is 0 Å². The minimum absolute atomic E-state index is 0.448. The monoisotopic (exact) mass is 448 g/mol. The smallest absolute Gasteiger partial charge is 0.0721 e. The molecular weight excluding hydrogens is 427 g/mol. The van der Waals surface area contributed by atoms with Gasteiger partial charge in [0.15, 0.2) is 0 Å². The predicted molar refractivity (Wildman–Crippen MR) is 131 cm³/mol. The summed E-state index contributed by atoms with van der Waals surface area (Å²) in [6, 6.07) is 27.1. The maximum Gasteiger partial charge on any atom is 0.0721 e. The lowest BCUT2D eigenvalue weighted by Gasteiger charge is -2.12. The summed E-state index contributed by atoms with van der Waals surface area (Å²) in [5.41, 5.74) is 19.4. The number of nitrogen functional groups attached to an aromatic ring is 2. The summed E-state index contributed by atoms with van der Waals surface area (Å²) in [5.74, 6) is 0. The summed E-state index contributed by atoms with van der Waals surface area (Å²) >= 11 is 12.7. The van der Waals surface area contributed by atoms with Crippen molar-refractivity contribution in [1.82, 2.24) is 0 Å². The number of hydrogen-bond acceptors (Lipinski definition) is 3. The Labute approximate surface area is 192 Å². The second-order valence-electron chi connectivity index (χ2n) is 7.30. The SMILES string of the molecule is Nc1ccc(COCc2ccc(N)c(-c3ccccc3Cl)c2)cc1-c1ccccc1Cl. The van der Waals surface area contributed by atoms with Crippen LogP contribution < -0.4 is 11.5 Å². The number of rotatable bonds is 6. The van der Waals surface area contributed by atoms with Gasteiger partial charge in [-0.2, -0.15) is 0 Å². The molecule has 0 aliphatic heterocycles. The van der Waals surface area contributed by atoms with Gasteiger partial charge in [0, 0.05) is 43.7 Å². The van der Waals surface area contributed by atoms with Gasteiger partial charge in [-0.15, -0.1) is 0 Å². The summed E-state index contributed by atoms with van der Waals surface area (Å²) in [5, 5.41) is 1.34. The highest BCUT2D eigenvalue weighted by atomic mass is 35.5. The molecule has 3 nitrogen and oxygen atoms in total. The lowest BCUT2D eigenvalue weighted by molar-refractivity contribution is 0.107. The van der Waals surface area contributed by atoms with Gasteiger partial charge in [-0.25, -0.2) is 0 Å². The highest BCUT2D eigenvalue weighted by Crippen LogP contribution is 2.34. The zero-order valence-corrected chi connectivity index (χ0v) is 18.3. The molecule has 0 radical (unpaired) electrons. The normalized spacial score (nSPS) is 10.9. The van der Waals surface area contributed by atoms with Crippen LogP contribution in [0.3, 0.4) is 0 Å². The number of halogens is 2. The zero-order valence-electron chi connectivity index (χ0n) is 16.8. The summed E-state index contributed by atoms with van der Waals surface area (Å²) in [7, 11) is 0. The van der Waals surface area contributed by atoms with Crippen LogP contribution in [0.25, 0.3) is 22.3 Å².